The molecule has 0 radical (unpaired) electrons. The number of carbonyl (C=O) groups excluding carboxylic acids is 2. The van der Waals surface area contributed by atoms with Crippen LogP contribution in [0.5, 0.6) is 0 Å². The zero-order chi connectivity index (χ0) is 22.2. The Kier molecular flexibility index (Phi) is 6.71. The van der Waals surface area contributed by atoms with Gasteiger partial charge in [0.15, 0.2) is 6.61 Å². The molecule has 1 N–H and O–H groups in total. The van der Waals surface area contributed by atoms with Crippen molar-refractivity contribution in [2.24, 2.45) is 0 Å². The van der Waals surface area contributed by atoms with Crippen LogP contribution in [-0.4, -0.2) is 23.4 Å². The van der Waals surface area contributed by atoms with Crippen LogP contribution < -0.4 is 5.32 Å². The number of anilines is 1. The summed E-state index contributed by atoms with van der Waals surface area (Å²) in [6.45, 7) is -0.569. The van der Waals surface area contributed by atoms with Crippen molar-refractivity contribution >= 4 is 23.3 Å². The first-order chi connectivity index (χ1) is 15.0. The first-order valence-electron chi connectivity index (χ1n) is 9.25. The fourth-order valence-corrected chi connectivity index (χ4v) is 2.93. The van der Waals surface area contributed by atoms with Gasteiger partial charge in [0.25, 0.3) is 11.6 Å². The lowest BCUT2D eigenvalue weighted by molar-refractivity contribution is -0.384. The highest BCUT2D eigenvalue weighted by Crippen LogP contribution is 2.21. The molecule has 0 aliphatic heterocycles. The monoisotopic (exact) mass is 415 g/mol. The van der Waals surface area contributed by atoms with Crippen LogP contribution in [0.4, 0.5) is 11.4 Å². The molecule has 0 heterocycles. The summed E-state index contributed by atoms with van der Waals surface area (Å²) >= 11 is 0. The standard InChI is InChI=1S/C23H17N3O5/c24-14-18-13-19(26(29)30)10-11-21(18)25-22(27)15-31-23(28)20-9-5-4-8-17(20)12-16-6-2-1-3-7-16/h1-11,13H,12,15H2,(H,25,27). The van der Waals surface area contributed by atoms with E-state index < -0.39 is 23.4 Å². The van der Waals surface area contributed by atoms with Gasteiger partial charge in [-0.25, -0.2) is 4.79 Å². The van der Waals surface area contributed by atoms with Crippen LogP contribution >= 0.6 is 0 Å². The van der Waals surface area contributed by atoms with Crippen LogP contribution in [0.3, 0.4) is 0 Å². The molecular formula is C23H17N3O5. The number of nitrogens with one attached hydrogen (secondary N) is 1. The molecule has 3 aromatic rings. The molecule has 3 rings (SSSR count). The molecule has 0 aliphatic carbocycles. The van der Waals surface area contributed by atoms with E-state index >= 15 is 0 Å². The molecule has 0 fully saturated rings. The Bertz CT molecular complexity index is 1170. The first kappa shape index (κ1) is 21.2. The van der Waals surface area contributed by atoms with Gasteiger partial charge in [-0.1, -0.05) is 48.5 Å². The normalized spacial score (nSPS) is 10.0. The molecule has 0 bridgehead atoms. The molecule has 8 nitrogen and oxygen atoms in total. The number of benzene rings is 3. The molecule has 0 aliphatic rings. The van der Waals surface area contributed by atoms with E-state index in [1.807, 2.05) is 42.5 Å². The summed E-state index contributed by atoms with van der Waals surface area (Å²) in [5.74, 6) is -1.31. The molecule has 0 saturated heterocycles. The maximum atomic E-state index is 12.5. The highest BCUT2D eigenvalue weighted by molar-refractivity contribution is 5.97. The third-order valence-corrected chi connectivity index (χ3v) is 4.42. The van der Waals surface area contributed by atoms with Crippen molar-refractivity contribution in [2.45, 2.75) is 6.42 Å². The van der Waals surface area contributed by atoms with Gasteiger partial charge in [0.2, 0.25) is 0 Å². The number of amides is 1. The molecular weight excluding hydrogens is 398 g/mol. The highest BCUT2D eigenvalue weighted by Gasteiger charge is 2.16. The van der Waals surface area contributed by atoms with E-state index in [2.05, 4.69) is 5.32 Å². The van der Waals surface area contributed by atoms with Gasteiger partial charge < -0.3 is 10.1 Å². The van der Waals surface area contributed by atoms with Gasteiger partial charge in [-0.2, -0.15) is 5.26 Å². The molecule has 0 atom stereocenters. The number of nitro groups is 1. The Morgan fingerprint density at radius 2 is 1.74 bits per heavy atom. The minimum Gasteiger partial charge on any atom is -0.452 e. The van der Waals surface area contributed by atoms with Crippen molar-refractivity contribution in [3.63, 3.8) is 0 Å². The lowest BCUT2D eigenvalue weighted by atomic mass is 10.00. The van der Waals surface area contributed by atoms with E-state index in [1.165, 1.54) is 12.1 Å². The van der Waals surface area contributed by atoms with Gasteiger partial charge in [-0.15, -0.1) is 0 Å². The number of rotatable bonds is 7. The molecule has 154 valence electrons. The van der Waals surface area contributed by atoms with Crippen LogP contribution in [-0.2, 0) is 16.0 Å². The molecule has 0 saturated carbocycles. The SMILES string of the molecule is N#Cc1cc([N+](=O)[O-])ccc1NC(=O)COC(=O)c1ccccc1Cc1ccccc1. The van der Waals surface area contributed by atoms with Gasteiger partial charge >= 0.3 is 5.97 Å². The number of nitriles is 1. The van der Waals surface area contributed by atoms with Crippen molar-refractivity contribution in [1.82, 2.24) is 0 Å². The second kappa shape index (κ2) is 9.80. The zero-order valence-electron chi connectivity index (χ0n) is 16.3. The highest BCUT2D eigenvalue weighted by atomic mass is 16.6. The van der Waals surface area contributed by atoms with Crippen LogP contribution in [0.25, 0.3) is 0 Å². The number of nitro benzene ring substituents is 1. The number of nitrogens with zero attached hydrogens (tertiary/aromatic N) is 2. The smallest absolute Gasteiger partial charge is 0.338 e. The number of ether oxygens (including phenoxy) is 1. The molecule has 1 amide bonds. The second-order valence-corrected chi connectivity index (χ2v) is 6.54. The zero-order valence-corrected chi connectivity index (χ0v) is 16.3. The van der Waals surface area contributed by atoms with Crippen molar-refractivity contribution in [1.29, 1.82) is 5.26 Å². The van der Waals surface area contributed by atoms with E-state index in [1.54, 1.807) is 18.2 Å². The topological polar surface area (TPSA) is 122 Å². The number of esters is 1. The fourth-order valence-electron chi connectivity index (χ4n) is 2.93. The Morgan fingerprint density at radius 3 is 2.45 bits per heavy atom. The fraction of sp³-hybridized carbons (Fsp3) is 0.0870. The summed E-state index contributed by atoms with van der Waals surface area (Å²) in [5, 5.41) is 22.4. The van der Waals surface area contributed by atoms with Crippen LogP contribution in [0, 0.1) is 21.4 Å². The molecule has 31 heavy (non-hydrogen) atoms. The summed E-state index contributed by atoms with van der Waals surface area (Å²) in [6.07, 6.45) is 0.534. The Labute approximate surface area is 177 Å². The summed E-state index contributed by atoms with van der Waals surface area (Å²) in [5.41, 5.74) is 1.91. The molecule has 3 aromatic carbocycles. The lowest BCUT2D eigenvalue weighted by Crippen LogP contribution is -2.22. The van der Waals surface area contributed by atoms with Gasteiger partial charge in [-0.05, 0) is 29.7 Å². The summed E-state index contributed by atoms with van der Waals surface area (Å²) in [7, 11) is 0. The van der Waals surface area contributed by atoms with Crippen molar-refractivity contribution in [2.75, 3.05) is 11.9 Å². The number of hydrogen-bond acceptors (Lipinski definition) is 6. The Morgan fingerprint density at radius 1 is 1.03 bits per heavy atom. The Balaban J connectivity index is 1.65. The van der Waals surface area contributed by atoms with E-state index in [0.717, 1.165) is 17.2 Å². The van der Waals surface area contributed by atoms with Gasteiger partial charge in [0.1, 0.15) is 6.07 Å². The number of non-ortho nitro benzene ring substituents is 1. The predicted molar refractivity (Wildman–Crippen MR) is 112 cm³/mol. The molecule has 0 spiro atoms. The maximum Gasteiger partial charge on any atom is 0.338 e. The lowest BCUT2D eigenvalue weighted by Gasteiger charge is -2.11. The van der Waals surface area contributed by atoms with E-state index in [0.29, 0.717) is 12.0 Å². The predicted octanol–water partition coefficient (Wildman–Crippen LogP) is 3.85. The maximum absolute atomic E-state index is 12.5. The molecule has 0 aromatic heterocycles. The Hall–Kier alpha value is -4.51. The van der Waals surface area contributed by atoms with Crippen molar-refractivity contribution < 1.29 is 19.2 Å². The summed E-state index contributed by atoms with van der Waals surface area (Å²) in [4.78, 5) is 34.9. The average molecular weight is 415 g/mol. The van der Waals surface area contributed by atoms with Crippen LogP contribution in [0.2, 0.25) is 0 Å². The van der Waals surface area contributed by atoms with Crippen molar-refractivity contribution in [3.8, 4) is 6.07 Å². The van der Waals surface area contributed by atoms with Crippen molar-refractivity contribution in [3.05, 3.63) is 105 Å². The van der Waals surface area contributed by atoms with E-state index in [9.17, 15) is 19.7 Å². The minimum atomic E-state index is -0.667. The quantitative estimate of drug-likeness (QED) is 0.355. The minimum absolute atomic E-state index is 0.0675. The largest absolute Gasteiger partial charge is 0.452 e. The summed E-state index contributed by atoms with van der Waals surface area (Å²) < 4.78 is 5.13. The van der Waals surface area contributed by atoms with Crippen LogP contribution in [0.15, 0.2) is 72.8 Å². The van der Waals surface area contributed by atoms with Gasteiger partial charge in [0, 0.05) is 12.1 Å². The first-order valence-corrected chi connectivity index (χ1v) is 9.25. The van der Waals surface area contributed by atoms with Gasteiger partial charge in [0.05, 0.1) is 21.7 Å². The number of carbonyl (C=O) groups is 2. The van der Waals surface area contributed by atoms with Crippen LogP contribution in [0.1, 0.15) is 27.0 Å². The third kappa shape index (κ3) is 5.52. The second-order valence-electron chi connectivity index (χ2n) is 6.54. The van der Waals surface area contributed by atoms with E-state index in [-0.39, 0.29) is 16.9 Å². The molecule has 8 heteroatoms. The molecule has 0 unspecified atom stereocenters. The number of hydrogen-bond donors (Lipinski definition) is 1. The average Bonchev–Trinajstić information content (AvgIpc) is 2.78. The third-order valence-electron chi connectivity index (χ3n) is 4.42. The summed E-state index contributed by atoms with van der Waals surface area (Å²) in [6, 6.07) is 21.9. The van der Waals surface area contributed by atoms with E-state index in [4.69, 9.17) is 10.00 Å². The van der Waals surface area contributed by atoms with Gasteiger partial charge in [-0.3, -0.25) is 14.9 Å².